The van der Waals surface area contributed by atoms with Crippen molar-refractivity contribution in [1.29, 1.82) is 0 Å². The van der Waals surface area contributed by atoms with Crippen LogP contribution in [0.5, 0.6) is 0 Å². The molecule has 0 aliphatic carbocycles. The van der Waals surface area contributed by atoms with Crippen LogP contribution in [0.4, 0.5) is 0 Å². The number of nitrogens with one attached hydrogen (secondary N) is 3. The fourth-order valence-electron chi connectivity index (χ4n) is 3.68. The third-order valence-corrected chi connectivity index (χ3v) is 6.18. The summed E-state index contributed by atoms with van der Waals surface area (Å²) in [5.74, 6) is -1.88. The van der Waals surface area contributed by atoms with Gasteiger partial charge in [0, 0.05) is 0 Å². The molecule has 36 heavy (non-hydrogen) atoms. The number of carbonyl (C=O) groups is 4. The Kier molecular flexibility index (Phi) is 14.2. The molecule has 0 saturated carbocycles. The summed E-state index contributed by atoms with van der Waals surface area (Å²) in [6, 6.07) is 5.68. The lowest BCUT2D eigenvalue weighted by molar-refractivity contribution is -0.142. The summed E-state index contributed by atoms with van der Waals surface area (Å²) < 4.78 is 0. The van der Waals surface area contributed by atoms with Gasteiger partial charge in [0.15, 0.2) is 0 Å². The lowest BCUT2D eigenvalue weighted by atomic mass is 10.0. The zero-order valence-electron chi connectivity index (χ0n) is 22.0. The topological polar surface area (TPSA) is 151 Å². The second-order valence-corrected chi connectivity index (χ2v) is 10.8. The number of hydrogen-bond acceptors (Lipinski definition) is 6. The Labute approximate surface area is 218 Å². The molecule has 0 fully saturated rings. The molecule has 202 valence electrons. The molecule has 0 bridgehead atoms. The van der Waals surface area contributed by atoms with Crippen molar-refractivity contribution >= 4 is 35.5 Å². The molecule has 1 aromatic rings. The number of carboxylic acids is 1. The van der Waals surface area contributed by atoms with Gasteiger partial charge in [-0.05, 0) is 55.1 Å². The number of carbonyl (C=O) groups excluding carboxylic acids is 3. The second-order valence-electron chi connectivity index (χ2n) is 9.86. The Morgan fingerprint density at radius 1 is 0.833 bits per heavy atom. The highest BCUT2D eigenvalue weighted by Gasteiger charge is 2.30. The molecule has 9 nitrogen and oxygen atoms in total. The van der Waals surface area contributed by atoms with Crippen LogP contribution in [-0.2, 0) is 25.6 Å². The van der Waals surface area contributed by atoms with E-state index in [9.17, 15) is 24.3 Å². The predicted molar refractivity (Wildman–Crippen MR) is 143 cm³/mol. The Morgan fingerprint density at radius 2 is 1.33 bits per heavy atom. The number of amides is 3. The largest absolute Gasteiger partial charge is 0.480 e. The second kappa shape index (κ2) is 16.2. The standard InChI is InChI=1S/C26H42N4O5S/c1-16(2)13-21(29-23(31)19(27)15-18-9-7-6-8-10-18)25(33)28-20(11-12-36-5)24(32)30-22(26(34)35)14-17(3)4/h6-10,16-17,19-22H,11-15,27H2,1-5H3,(H,28,33)(H,29,31)(H,30,32)(H,34,35)/t19-,20-,21-,22-/m0/s1. The Balaban J connectivity index is 2.94. The number of thioether (sulfide) groups is 1. The SMILES string of the molecule is CSCC[C@H](NC(=O)[C@H](CC(C)C)NC(=O)[C@@H](N)Cc1ccccc1)C(=O)N[C@@H](CC(C)C)C(=O)O. The normalized spacial score (nSPS) is 14.6. The maximum absolute atomic E-state index is 13.2. The first-order valence-corrected chi connectivity index (χ1v) is 13.8. The van der Waals surface area contributed by atoms with E-state index in [2.05, 4.69) is 16.0 Å². The number of benzene rings is 1. The number of hydrogen-bond donors (Lipinski definition) is 5. The van der Waals surface area contributed by atoms with Crippen LogP contribution in [-0.4, -0.2) is 65.0 Å². The molecular formula is C26H42N4O5S. The Bertz CT molecular complexity index is 850. The lowest BCUT2D eigenvalue weighted by Gasteiger charge is -2.26. The number of aliphatic carboxylic acids is 1. The van der Waals surface area contributed by atoms with Crippen molar-refractivity contribution in [1.82, 2.24) is 16.0 Å². The van der Waals surface area contributed by atoms with Gasteiger partial charge in [0.1, 0.15) is 18.1 Å². The molecule has 0 saturated heterocycles. The van der Waals surface area contributed by atoms with Crippen molar-refractivity contribution in [2.24, 2.45) is 17.6 Å². The minimum Gasteiger partial charge on any atom is -0.480 e. The summed E-state index contributed by atoms with van der Waals surface area (Å²) >= 11 is 1.51. The fourth-order valence-corrected chi connectivity index (χ4v) is 4.16. The van der Waals surface area contributed by atoms with E-state index < -0.39 is 47.9 Å². The molecule has 0 aromatic heterocycles. The summed E-state index contributed by atoms with van der Waals surface area (Å²) in [6.07, 6.45) is 3.16. The monoisotopic (exact) mass is 522 g/mol. The first-order valence-electron chi connectivity index (χ1n) is 12.4. The van der Waals surface area contributed by atoms with Gasteiger partial charge in [0.25, 0.3) is 0 Å². The molecule has 0 unspecified atom stereocenters. The van der Waals surface area contributed by atoms with Gasteiger partial charge in [-0.15, -0.1) is 0 Å². The number of nitrogens with two attached hydrogens (primary N) is 1. The average Bonchev–Trinajstić information content (AvgIpc) is 2.80. The molecule has 1 aromatic carbocycles. The van der Waals surface area contributed by atoms with Gasteiger partial charge in [0.05, 0.1) is 6.04 Å². The number of rotatable bonds is 16. The van der Waals surface area contributed by atoms with E-state index in [1.807, 2.05) is 64.3 Å². The summed E-state index contributed by atoms with van der Waals surface area (Å²) in [4.78, 5) is 50.6. The van der Waals surface area contributed by atoms with Crippen molar-refractivity contribution in [3.05, 3.63) is 35.9 Å². The zero-order chi connectivity index (χ0) is 27.3. The third-order valence-electron chi connectivity index (χ3n) is 5.54. The van der Waals surface area contributed by atoms with Crippen molar-refractivity contribution in [2.75, 3.05) is 12.0 Å². The maximum atomic E-state index is 13.2. The molecular weight excluding hydrogens is 480 g/mol. The highest BCUT2D eigenvalue weighted by atomic mass is 32.2. The third kappa shape index (κ3) is 11.9. The van der Waals surface area contributed by atoms with Gasteiger partial charge in [0.2, 0.25) is 17.7 Å². The average molecular weight is 523 g/mol. The summed E-state index contributed by atoms with van der Waals surface area (Å²) in [7, 11) is 0. The fraction of sp³-hybridized carbons (Fsp3) is 0.615. The first-order chi connectivity index (χ1) is 16.9. The smallest absolute Gasteiger partial charge is 0.326 e. The maximum Gasteiger partial charge on any atom is 0.326 e. The highest BCUT2D eigenvalue weighted by molar-refractivity contribution is 7.98. The van der Waals surface area contributed by atoms with E-state index in [0.29, 0.717) is 25.0 Å². The lowest BCUT2D eigenvalue weighted by Crippen LogP contribution is -2.57. The minimum absolute atomic E-state index is 0.0661. The Hall–Kier alpha value is -2.59. The molecule has 0 radical (unpaired) electrons. The van der Waals surface area contributed by atoms with E-state index in [1.54, 1.807) is 0 Å². The zero-order valence-corrected chi connectivity index (χ0v) is 22.8. The highest BCUT2D eigenvalue weighted by Crippen LogP contribution is 2.10. The molecule has 3 amide bonds. The van der Waals surface area contributed by atoms with Crippen LogP contribution in [0.2, 0.25) is 0 Å². The van der Waals surface area contributed by atoms with Gasteiger partial charge < -0.3 is 26.8 Å². The first kappa shape index (κ1) is 31.4. The quantitative estimate of drug-likeness (QED) is 0.223. The van der Waals surface area contributed by atoms with Crippen molar-refractivity contribution in [2.45, 2.75) is 77.5 Å². The van der Waals surface area contributed by atoms with Crippen LogP contribution < -0.4 is 21.7 Å². The molecule has 10 heteroatoms. The van der Waals surface area contributed by atoms with Gasteiger partial charge in [-0.2, -0.15) is 11.8 Å². The Morgan fingerprint density at radius 3 is 1.86 bits per heavy atom. The molecule has 0 aliphatic heterocycles. The van der Waals surface area contributed by atoms with Crippen LogP contribution in [0, 0.1) is 11.8 Å². The van der Waals surface area contributed by atoms with E-state index in [1.165, 1.54) is 11.8 Å². The predicted octanol–water partition coefficient (Wildman–Crippen LogP) is 1.94. The van der Waals surface area contributed by atoms with Crippen molar-refractivity contribution in [3.8, 4) is 0 Å². The minimum atomic E-state index is -1.12. The summed E-state index contributed by atoms with van der Waals surface area (Å²) in [6.45, 7) is 7.60. The van der Waals surface area contributed by atoms with Gasteiger partial charge in [-0.3, -0.25) is 14.4 Å². The van der Waals surface area contributed by atoms with Crippen molar-refractivity contribution in [3.63, 3.8) is 0 Å². The molecule has 4 atom stereocenters. The van der Waals surface area contributed by atoms with Crippen LogP contribution in [0.15, 0.2) is 30.3 Å². The van der Waals surface area contributed by atoms with Crippen LogP contribution in [0.25, 0.3) is 0 Å². The van der Waals surface area contributed by atoms with E-state index in [-0.39, 0.29) is 18.3 Å². The summed E-state index contributed by atoms with van der Waals surface area (Å²) in [5, 5.41) is 17.5. The van der Waals surface area contributed by atoms with E-state index in [0.717, 1.165) is 5.56 Å². The molecule has 0 aliphatic rings. The van der Waals surface area contributed by atoms with Gasteiger partial charge in [-0.1, -0.05) is 58.0 Å². The van der Waals surface area contributed by atoms with Crippen LogP contribution in [0.3, 0.4) is 0 Å². The number of carboxylic acid groups (broad SMARTS) is 1. The molecule has 0 spiro atoms. The van der Waals surface area contributed by atoms with Gasteiger partial charge >= 0.3 is 5.97 Å². The molecule has 6 N–H and O–H groups in total. The molecule has 0 heterocycles. The van der Waals surface area contributed by atoms with Crippen LogP contribution >= 0.6 is 11.8 Å². The van der Waals surface area contributed by atoms with Crippen LogP contribution in [0.1, 0.15) is 52.5 Å². The van der Waals surface area contributed by atoms with E-state index >= 15 is 0 Å². The molecule has 1 rings (SSSR count). The summed E-state index contributed by atoms with van der Waals surface area (Å²) in [5.41, 5.74) is 7.01. The van der Waals surface area contributed by atoms with Crippen molar-refractivity contribution < 1.29 is 24.3 Å². The van der Waals surface area contributed by atoms with E-state index in [4.69, 9.17) is 5.73 Å². The van der Waals surface area contributed by atoms with Gasteiger partial charge in [-0.25, -0.2) is 4.79 Å².